The molecule has 0 saturated carbocycles. The number of unbranched alkanes of at least 4 members (excludes halogenated alkanes) is 26. The highest BCUT2D eigenvalue weighted by molar-refractivity contribution is 5.71. The van der Waals surface area contributed by atoms with Crippen LogP contribution in [-0.2, 0) is 28.6 Å². The van der Waals surface area contributed by atoms with Gasteiger partial charge in [0.05, 0.1) is 0 Å². The summed E-state index contributed by atoms with van der Waals surface area (Å²) in [5, 5.41) is 0. The molecule has 0 heterocycles. The summed E-state index contributed by atoms with van der Waals surface area (Å²) < 4.78 is 16.8. The van der Waals surface area contributed by atoms with Crippen molar-refractivity contribution in [2.24, 2.45) is 0 Å². The van der Waals surface area contributed by atoms with Gasteiger partial charge in [0.25, 0.3) is 0 Å². The number of esters is 3. The molecule has 68 heavy (non-hydrogen) atoms. The van der Waals surface area contributed by atoms with Crippen LogP contribution in [0.1, 0.15) is 271 Å². The maximum atomic E-state index is 12.8. The van der Waals surface area contributed by atoms with Gasteiger partial charge < -0.3 is 14.2 Å². The van der Waals surface area contributed by atoms with Crippen LogP contribution in [0.4, 0.5) is 0 Å². The summed E-state index contributed by atoms with van der Waals surface area (Å²) in [5.74, 6) is -0.905. The van der Waals surface area contributed by atoms with E-state index in [1.165, 1.54) is 116 Å². The Morgan fingerprint density at radius 2 is 0.574 bits per heavy atom. The van der Waals surface area contributed by atoms with E-state index in [-0.39, 0.29) is 31.1 Å². The molecule has 0 aromatic carbocycles. The first kappa shape index (κ1) is 64.6. The van der Waals surface area contributed by atoms with E-state index in [0.29, 0.717) is 19.3 Å². The molecule has 0 aliphatic carbocycles. The molecule has 1 unspecified atom stereocenters. The molecule has 0 bridgehead atoms. The van der Waals surface area contributed by atoms with Gasteiger partial charge in [-0.2, -0.15) is 0 Å². The minimum Gasteiger partial charge on any atom is -0.462 e. The van der Waals surface area contributed by atoms with Crippen LogP contribution in [0.5, 0.6) is 0 Å². The summed E-state index contributed by atoms with van der Waals surface area (Å²) in [6, 6.07) is 0. The molecule has 0 aromatic heterocycles. The van der Waals surface area contributed by atoms with Crippen molar-refractivity contribution in [2.75, 3.05) is 13.2 Å². The van der Waals surface area contributed by atoms with Gasteiger partial charge in [0.1, 0.15) is 13.2 Å². The second-order valence-electron chi connectivity index (χ2n) is 18.8. The first-order chi connectivity index (χ1) is 33.5. The summed E-state index contributed by atoms with van der Waals surface area (Å²) in [6.07, 6.45) is 72.9. The zero-order valence-electron chi connectivity index (χ0n) is 44.6. The zero-order chi connectivity index (χ0) is 49.3. The lowest BCUT2D eigenvalue weighted by Gasteiger charge is -2.18. The van der Waals surface area contributed by atoms with Crippen LogP contribution >= 0.6 is 0 Å². The lowest BCUT2D eigenvalue weighted by molar-refractivity contribution is -0.167. The molecule has 0 amide bonds. The maximum Gasteiger partial charge on any atom is 0.306 e. The average molecular weight is 948 g/mol. The van der Waals surface area contributed by atoms with Crippen molar-refractivity contribution >= 4 is 17.9 Å². The lowest BCUT2D eigenvalue weighted by atomic mass is 10.1. The van der Waals surface area contributed by atoms with Gasteiger partial charge in [-0.25, -0.2) is 0 Å². The van der Waals surface area contributed by atoms with Crippen LogP contribution in [0.3, 0.4) is 0 Å². The third-order valence-corrected chi connectivity index (χ3v) is 12.1. The van der Waals surface area contributed by atoms with E-state index in [1.807, 2.05) is 0 Å². The molecule has 6 nitrogen and oxygen atoms in total. The van der Waals surface area contributed by atoms with Gasteiger partial charge in [-0.15, -0.1) is 0 Å². The normalized spacial score (nSPS) is 12.7. The summed E-state index contributed by atoms with van der Waals surface area (Å²) in [5.41, 5.74) is 0. The molecule has 0 fully saturated rings. The Kier molecular flexibility index (Phi) is 53.4. The molecule has 0 spiro atoms. The fourth-order valence-electron chi connectivity index (χ4n) is 7.81. The van der Waals surface area contributed by atoms with Gasteiger partial charge >= 0.3 is 17.9 Å². The molecule has 6 heteroatoms. The standard InChI is InChI=1S/C62H106O6/c1-4-7-10-13-16-19-22-25-26-27-28-29-30-31-32-33-34-35-36-38-40-43-46-49-52-55-61(64)67-58-59(57-66-60(63)54-51-48-45-42-39-24-21-18-15-12-9-6-3)68-62(65)56-53-50-47-44-41-37-23-20-17-14-11-8-5-2/h7,10,16,18-21,23,25-26,28-29,31-32,59H,4-6,8-9,11-15,17,22,24,27,30,33-58H2,1-3H3/b10-7-,19-16-,21-18-,23-20-,26-25-,29-28-,32-31-. The molecule has 0 N–H and O–H groups in total. The Balaban J connectivity index is 4.30. The second kappa shape index (κ2) is 56.2. The molecule has 0 aliphatic heterocycles. The summed E-state index contributed by atoms with van der Waals surface area (Å²) in [7, 11) is 0. The Hall–Kier alpha value is -3.41. The SMILES string of the molecule is CC/C=C\C/C=C\C/C=C\C/C=C\C/C=C\CCCCCCCCCCCC(=O)OCC(COC(=O)CCCCCCC/C=C\CCCCC)OC(=O)CCCCCCC/C=C\CCCCCC. The number of rotatable bonds is 51. The van der Waals surface area contributed by atoms with E-state index in [2.05, 4.69) is 106 Å². The molecular formula is C62H106O6. The van der Waals surface area contributed by atoms with Crippen molar-refractivity contribution in [3.63, 3.8) is 0 Å². The minimum atomic E-state index is -0.786. The van der Waals surface area contributed by atoms with Gasteiger partial charge in [-0.05, 0) is 116 Å². The van der Waals surface area contributed by atoms with E-state index in [1.54, 1.807) is 0 Å². The average Bonchev–Trinajstić information content (AvgIpc) is 3.34. The fraction of sp³-hybridized carbons (Fsp3) is 0.726. The number of hydrogen-bond acceptors (Lipinski definition) is 6. The monoisotopic (exact) mass is 947 g/mol. The summed E-state index contributed by atoms with van der Waals surface area (Å²) in [4.78, 5) is 38.1. The zero-order valence-corrected chi connectivity index (χ0v) is 44.6. The van der Waals surface area contributed by atoms with Gasteiger partial charge in [0.15, 0.2) is 6.10 Å². The van der Waals surface area contributed by atoms with Crippen molar-refractivity contribution in [3.8, 4) is 0 Å². The minimum absolute atomic E-state index is 0.0852. The first-order valence-corrected chi connectivity index (χ1v) is 28.6. The molecule has 390 valence electrons. The topological polar surface area (TPSA) is 78.9 Å². The highest BCUT2D eigenvalue weighted by atomic mass is 16.6. The van der Waals surface area contributed by atoms with Crippen molar-refractivity contribution in [2.45, 2.75) is 277 Å². The third-order valence-electron chi connectivity index (χ3n) is 12.1. The van der Waals surface area contributed by atoms with Crippen molar-refractivity contribution in [3.05, 3.63) is 85.1 Å². The van der Waals surface area contributed by atoms with Crippen molar-refractivity contribution in [1.29, 1.82) is 0 Å². The van der Waals surface area contributed by atoms with Crippen LogP contribution in [0.25, 0.3) is 0 Å². The number of allylic oxidation sites excluding steroid dienone is 14. The van der Waals surface area contributed by atoms with Crippen molar-refractivity contribution < 1.29 is 28.6 Å². The predicted molar refractivity (Wildman–Crippen MR) is 293 cm³/mol. The largest absolute Gasteiger partial charge is 0.462 e. The Bertz CT molecular complexity index is 1320. The Morgan fingerprint density at radius 1 is 0.309 bits per heavy atom. The highest BCUT2D eigenvalue weighted by Crippen LogP contribution is 2.15. The summed E-state index contributed by atoms with van der Waals surface area (Å²) in [6.45, 7) is 6.47. The van der Waals surface area contributed by atoms with Crippen molar-refractivity contribution in [1.82, 2.24) is 0 Å². The first-order valence-electron chi connectivity index (χ1n) is 28.6. The van der Waals surface area contributed by atoms with Gasteiger partial charge in [0.2, 0.25) is 0 Å². The maximum absolute atomic E-state index is 12.8. The third kappa shape index (κ3) is 53.5. The van der Waals surface area contributed by atoms with E-state index < -0.39 is 6.10 Å². The van der Waals surface area contributed by atoms with E-state index in [4.69, 9.17) is 14.2 Å². The number of hydrogen-bond donors (Lipinski definition) is 0. The van der Waals surface area contributed by atoms with Crippen LogP contribution in [0.2, 0.25) is 0 Å². The second-order valence-corrected chi connectivity index (χ2v) is 18.8. The molecule has 0 aromatic rings. The van der Waals surface area contributed by atoms with Crippen LogP contribution in [-0.4, -0.2) is 37.2 Å². The van der Waals surface area contributed by atoms with Gasteiger partial charge in [-0.3, -0.25) is 14.4 Å². The summed E-state index contributed by atoms with van der Waals surface area (Å²) >= 11 is 0. The molecule has 0 radical (unpaired) electrons. The number of carbonyl (C=O) groups is 3. The molecule has 0 aliphatic rings. The highest BCUT2D eigenvalue weighted by Gasteiger charge is 2.19. The lowest BCUT2D eigenvalue weighted by Crippen LogP contribution is -2.30. The predicted octanol–water partition coefficient (Wildman–Crippen LogP) is 19.2. The fourth-order valence-corrected chi connectivity index (χ4v) is 7.81. The van der Waals surface area contributed by atoms with Crippen LogP contribution < -0.4 is 0 Å². The van der Waals surface area contributed by atoms with E-state index in [9.17, 15) is 14.4 Å². The van der Waals surface area contributed by atoms with Crippen LogP contribution in [0, 0.1) is 0 Å². The van der Waals surface area contributed by atoms with Gasteiger partial charge in [-0.1, -0.05) is 221 Å². The smallest absolute Gasteiger partial charge is 0.306 e. The molecule has 1 atom stereocenters. The van der Waals surface area contributed by atoms with E-state index in [0.717, 1.165) is 116 Å². The number of carbonyl (C=O) groups excluding carboxylic acids is 3. The molecule has 0 saturated heterocycles. The van der Waals surface area contributed by atoms with Crippen LogP contribution in [0.15, 0.2) is 85.1 Å². The van der Waals surface area contributed by atoms with E-state index >= 15 is 0 Å². The van der Waals surface area contributed by atoms with Gasteiger partial charge in [0, 0.05) is 19.3 Å². The Morgan fingerprint density at radius 3 is 0.941 bits per heavy atom. The number of ether oxygens (including phenoxy) is 3. The molecule has 0 rings (SSSR count). The quantitative estimate of drug-likeness (QED) is 0.0262. The Labute approximate surface area is 420 Å². The molecular weight excluding hydrogens is 841 g/mol.